The van der Waals surface area contributed by atoms with Crippen molar-refractivity contribution in [1.82, 2.24) is 4.90 Å². The van der Waals surface area contributed by atoms with Crippen molar-refractivity contribution >= 4 is 6.29 Å². The highest BCUT2D eigenvalue weighted by atomic mass is 16.1. The Morgan fingerprint density at radius 3 is 2.20 bits per heavy atom. The van der Waals surface area contributed by atoms with Gasteiger partial charge >= 0.3 is 0 Å². The van der Waals surface area contributed by atoms with Crippen LogP contribution in [0, 0.1) is 10.8 Å². The molecular weight excluding hydrogens is 186 g/mol. The molecule has 2 nitrogen and oxygen atoms in total. The van der Waals surface area contributed by atoms with E-state index in [1.165, 1.54) is 45.2 Å². The molecule has 1 spiro atoms. The second-order valence-electron chi connectivity index (χ2n) is 6.24. The maximum atomic E-state index is 10.9. The normalized spacial score (nSPS) is 26.3. The van der Waals surface area contributed by atoms with Gasteiger partial charge in [-0.15, -0.1) is 0 Å². The van der Waals surface area contributed by atoms with E-state index >= 15 is 0 Å². The number of rotatable bonds is 3. The summed E-state index contributed by atoms with van der Waals surface area (Å²) in [5.41, 5.74) is 0.561. The summed E-state index contributed by atoms with van der Waals surface area (Å²) in [6.45, 7) is 7.42. The molecule has 1 saturated heterocycles. The van der Waals surface area contributed by atoms with Crippen LogP contribution < -0.4 is 0 Å². The second kappa shape index (κ2) is 3.89. The summed E-state index contributed by atoms with van der Waals surface area (Å²) < 4.78 is 0. The Morgan fingerprint density at radius 2 is 1.80 bits per heavy atom. The molecule has 1 aliphatic heterocycles. The highest BCUT2D eigenvalue weighted by Gasteiger charge is 2.40. The van der Waals surface area contributed by atoms with E-state index in [-0.39, 0.29) is 5.41 Å². The van der Waals surface area contributed by atoms with Gasteiger partial charge in [-0.25, -0.2) is 0 Å². The fourth-order valence-corrected chi connectivity index (χ4v) is 2.98. The monoisotopic (exact) mass is 209 g/mol. The molecule has 2 fully saturated rings. The number of nitrogens with zero attached hydrogens (tertiary/aromatic N) is 1. The first-order valence-electron chi connectivity index (χ1n) is 6.24. The van der Waals surface area contributed by atoms with Gasteiger partial charge in [0.2, 0.25) is 0 Å². The Hall–Kier alpha value is -0.370. The molecule has 0 radical (unpaired) electrons. The summed E-state index contributed by atoms with van der Waals surface area (Å²) in [4.78, 5) is 13.3. The van der Waals surface area contributed by atoms with Gasteiger partial charge in [0.1, 0.15) is 6.29 Å². The van der Waals surface area contributed by atoms with E-state index in [1.54, 1.807) is 0 Å². The Bertz CT molecular complexity index is 233. The molecule has 0 atom stereocenters. The predicted octanol–water partition coefficient (Wildman–Crippen LogP) is 2.48. The van der Waals surface area contributed by atoms with Crippen molar-refractivity contribution in [2.45, 2.75) is 46.0 Å². The molecule has 0 aromatic carbocycles. The van der Waals surface area contributed by atoms with E-state index in [1.807, 2.05) is 13.8 Å². The van der Waals surface area contributed by atoms with Crippen molar-refractivity contribution in [2.24, 2.45) is 10.8 Å². The lowest BCUT2D eigenvalue weighted by molar-refractivity contribution is -0.116. The van der Waals surface area contributed by atoms with Gasteiger partial charge in [-0.2, -0.15) is 0 Å². The third-order valence-electron chi connectivity index (χ3n) is 4.28. The average Bonchev–Trinajstić information content (AvgIpc) is 2.16. The zero-order chi connectivity index (χ0) is 10.9. The molecule has 0 aromatic heterocycles. The first-order valence-corrected chi connectivity index (χ1v) is 6.24. The van der Waals surface area contributed by atoms with Crippen LogP contribution in [0.15, 0.2) is 0 Å². The largest absolute Gasteiger partial charge is 0.303 e. The van der Waals surface area contributed by atoms with Crippen molar-refractivity contribution in [3.05, 3.63) is 0 Å². The summed E-state index contributed by atoms with van der Waals surface area (Å²) in [7, 11) is 0. The molecule has 0 bridgehead atoms. The van der Waals surface area contributed by atoms with Crippen LogP contribution in [-0.2, 0) is 4.79 Å². The zero-order valence-corrected chi connectivity index (χ0v) is 10.1. The van der Waals surface area contributed by atoms with Crippen molar-refractivity contribution in [2.75, 3.05) is 19.6 Å². The molecule has 1 heterocycles. The lowest BCUT2D eigenvalue weighted by Crippen LogP contribution is -2.46. The SMILES string of the molecule is CC(C)(C=O)CN1CCC2(CCC2)CC1. The van der Waals surface area contributed by atoms with Crippen LogP contribution >= 0.6 is 0 Å². The molecule has 15 heavy (non-hydrogen) atoms. The number of carbonyl (C=O) groups is 1. The van der Waals surface area contributed by atoms with Gasteiger partial charge in [0.25, 0.3) is 0 Å². The molecular formula is C13H23NO. The lowest BCUT2D eigenvalue weighted by atomic mass is 9.63. The van der Waals surface area contributed by atoms with E-state index < -0.39 is 0 Å². The van der Waals surface area contributed by atoms with Crippen LogP contribution in [0.25, 0.3) is 0 Å². The number of carbonyl (C=O) groups excluding carboxylic acids is 1. The molecule has 2 heteroatoms. The summed E-state index contributed by atoms with van der Waals surface area (Å²) in [5, 5.41) is 0. The predicted molar refractivity (Wildman–Crippen MR) is 61.8 cm³/mol. The van der Waals surface area contributed by atoms with Gasteiger partial charge in [0, 0.05) is 12.0 Å². The van der Waals surface area contributed by atoms with E-state index in [4.69, 9.17) is 0 Å². The van der Waals surface area contributed by atoms with Crippen molar-refractivity contribution < 1.29 is 4.79 Å². The molecule has 1 aliphatic carbocycles. The maximum Gasteiger partial charge on any atom is 0.126 e. The van der Waals surface area contributed by atoms with Crippen molar-refractivity contribution in [1.29, 1.82) is 0 Å². The van der Waals surface area contributed by atoms with Crippen molar-refractivity contribution in [3.8, 4) is 0 Å². The van der Waals surface area contributed by atoms with E-state index in [0.717, 1.165) is 18.2 Å². The van der Waals surface area contributed by atoms with Crippen LogP contribution in [-0.4, -0.2) is 30.8 Å². The van der Waals surface area contributed by atoms with Gasteiger partial charge < -0.3 is 9.69 Å². The lowest BCUT2D eigenvalue weighted by Gasteiger charge is -2.48. The molecule has 86 valence electrons. The molecule has 2 rings (SSSR count). The second-order valence-corrected chi connectivity index (χ2v) is 6.24. The fourth-order valence-electron chi connectivity index (χ4n) is 2.98. The maximum absolute atomic E-state index is 10.9. The Labute approximate surface area is 93.0 Å². The standard InChI is InChI=1S/C13H23NO/c1-12(2,11-15)10-14-8-6-13(7-9-14)4-3-5-13/h11H,3-10H2,1-2H3. The van der Waals surface area contributed by atoms with E-state index in [9.17, 15) is 4.79 Å². The zero-order valence-electron chi connectivity index (χ0n) is 10.1. The summed E-state index contributed by atoms with van der Waals surface area (Å²) in [5.74, 6) is 0. The molecule has 0 unspecified atom stereocenters. The van der Waals surface area contributed by atoms with E-state index in [0.29, 0.717) is 0 Å². The minimum atomic E-state index is -0.163. The summed E-state index contributed by atoms with van der Waals surface area (Å²) >= 11 is 0. The van der Waals surface area contributed by atoms with Crippen LogP contribution in [0.3, 0.4) is 0 Å². The first kappa shape index (κ1) is 11.1. The van der Waals surface area contributed by atoms with Crippen LogP contribution in [0.2, 0.25) is 0 Å². The Morgan fingerprint density at radius 1 is 1.20 bits per heavy atom. The van der Waals surface area contributed by atoms with Gasteiger partial charge in [-0.3, -0.25) is 0 Å². The third-order valence-corrected chi connectivity index (χ3v) is 4.28. The van der Waals surface area contributed by atoms with Crippen molar-refractivity contribution in [3.63, 3.8) is 0 Å². The topological polar surface area (TPSA) is 20.3 Å². The van der Waals surface area contributed by atoms with Crippen LogP contribution in [0.1, 0.15) is 46.0 Å². The van der Waals surface area contributed by atoms with Crippen LogP contribution in [0.5, 0.6) is 0 Å². The smallest absolute Gasteiger partial charge is 0.126 e. The third kappa shape index (κ3) is 2.41. The number of hydrogen-bond acceptors (Lipinski definition) is 2. The Balaban J connectivity index is 1.80. The Kier molecular flexibility index (Phi) is 2.89. The van der Waals surface area contributed by atoms with Gasteiger partial charge in [0.15, 0.2) is 0 Å². The molecule has 0 aromatic rings. The number of piperidine rings is 1. The van der Waals surface area contributed by atoms with Gasteiger partial charge in [-0.05, 0) is 44.2 Å². The molecule has 0 N–H and O–H groups in total. The summed E-state index contributed by atoms with van der Waals surface area (Å²) in [6, 6.07) is 0. The minimum absolute atomic E-state index is 0.163. The number of aldehydes is 1. The minimum Gasteiger partial charge on any atom is -0.303 e. The highest BCUT2D eigenvalue weighted by Crippen LogP contribution is 2.48. The fraction of sp³-hybridized carbons (Fsp3) is 0.923. The average molecular weight is 209 g/mol. The molecule has 1 saturated carbocycles. The molecule has 2 aliphatic rings. The van der Waals surface area contributed by atoms with Gasteiger partial charge in [0.05, 0.1) is 0 Å². The molecule has 0 amide bonds. The van der Waals surface area contributed by atoms with Crippen LogP contribution in [0.4, 0.5) is 0 Å². The summed E-state index contributed by atoms with van der Waals surface area (Å²) in [6.07, 6.45) is 8.18. The quantitative estimate of drug-likeness (QED) is 0.666. The van der Waals surface area contributed by atoms with Gasteiger partial charge in [-0.1, -0.05) is 20.3 Å². The number of likely N-dealkylation sites (tertiary alicyclic amines) is 1. The highest BCUT2D eigenvalue weighted by molar-refractivity contribution is 5.58. The van der Waals surface area contributed by atoms with E-state index in [2.05, 4.69) is 4.90 Å². The first-order chi connectivity index (χ1) is 7.05. The number of hydrogen-bond donors (Lipinski definition) is 0.